The average molecular weight is 445 g/mol. The number of aliphatic hydroxyl groups excluding tert-OH is 1. The van der Waals surface area contributed by atoms with Crippen molar-refractivity contribution in [3.8, 4) is 5.75 Å². The number of esters is 1. The molecule has 3 aromatic carbocycles. The summed E-state index contributed by atoms with van der Waals surface area (Å²) in [6.07, 6.45) is 1.98. The number of ether oxygens (including phenoxy) is 1. The van der Waals surface area contributed by atoms with Gasteiger partial charge in [-0.25, -0.2) is 4.79 Å². The number of nitrogens with one attached hydrogen (secondary N) is 1. The van der Waals surface area contributed by atoms with Crippen LogP contribution in [0.3, 0.4) is 0 Å². The van der Waals surface area contributed by atoms with Crippen LogP contribution in [0, 0.1) is 5.92 Å². The highest BCUT2D eigenvalue weighted by molar-refractivity contribution is 5.75. The van der Waals surface area contributed by atoms with Crippen molar-refractivity contribution >= 4 is 23.3 Å². The van der Waals surface area contributed by atoms with E-state index in [9.17, 15) is 9.59 Å². The number of carbonyl (C=O) groups is 2. The van der Waals surface area contributed by atoms with Crippen molar-refractivity contribution in [2.24, 2.45) is 5.92 Å². The zero-order valence-corrected chi connectivity index (χ0v) is 18.6. The Labute approximate surface area is 193 Å². The Morgan fingerprint density at radius 3 is 2.21 bits per heavy atom. The quantitative estimate of drug-likeness (QED) is 0.327. The Kier molecular flexibility index (Phi) is 7.05. The Bertz CT molecular complexity index is 1060. The van der Waals surface area contributed by atoms with Gasteiger partial charge in [0.2, 0.25) is 5.91 Å². The summed E-state index contributed by atoms with van der Waals surface area (Å²) in [5.74, 6) is -0.121. The predicted octanol–water partition coefficient (Wildman–Crippen LogP) is 3.99. The van der Waals surface area contributed by atoms with Gasteiger partial charge in [0.1, 0.15) is 18.5 Å². The summed E-state index contributed by atoms with van der Waals surface area (Å²) in [6, 6.07) is 25.8. The van der Waals surface area contributed by atoms with Crippen LogP contribution in [0.25, 0.3) is 0 Å². The fourth-order valence-electron chi connectivity index (χ4n) is 4.57. The smallest absolute Gasteiger partial charge is 0.337 e. The molecule has 0 aliphatic heterocycles. The third-order valence-electron chi connectivity index (χ3n) is 5.97. The van der Waals surface area contributed by atoms with E-state index in [1.807, 2.05) is 72.8 Å². The summed E-state index contributed by atoms with van der Waals surface area (Å²) in [4.78, 5) is 26.1. The Morgan fingerprint density at radius 1 is 1.00 bits per heavy atom. The van der Waals surface area contributed by atoms with E-state index in [-0.39, 0.29) is 18.0 Å². The van der Waals surface area contributed by atoms with Crippen molar-refractivity contribution in [2.75, 3.05) is 11.5 Å². The molecule has 0 fully saturated rings. The largest absolute Gasteiger partial charge is 0.425 e. The summed E-state index contributed by atoms with van der Waals surface area (Å²) < 4.78 is 5.34. The van der Waals surface area contributed by atoms with Gasteiger partial charge in [0.25, 0.3) is 0 Å². The van der Waals surface area contributed by atoms with Crippen LogP contribution in [0.2, 0.25) is 0 Å². The molecule has 6 heteroatoms. The van der Waals surface area contributed by atoms with E-state index in [0.717, 1.165) is 35.3 Å². The van der Waals surface area contributed by atoms with Crippen LogP contribution in [-0.4, -0.2) is 29.8 Å². The molecule has 1 aliphatic carbocycles. The maximum Gasteiger partial charge on any atom is 0.337 e. The van der Waals surface area contributed by atoms with E-state index < -0.39 is 12.6 Å². The van der Waals surface area contributed by atoms with Crippen molar-refractivity contribution in [1.29, 1.82) is 0 Å². The Morgan fingerprint density at radius 2 is 1.64 bits per heavy atom. The molecule has 1 aliphatic rings. The normalized spacial score (nSPS) is 15.8. The number of rotatable bonds is 7. The highest BCUT2D eigenvalue weighted by Gasteiger charge is 2.33. The van der Waals surface area contributed by atoms with Gasteiger partial charge in [0, 0.05) is 24.2 Å². The maximum absolute atomic E-state index is 12.3. The lowest BCUT2D eigenvalue weighted by Crippen LogP contribution is -2.51. The minimum atomic E-state index is -0.666. The van der Waals surface area contributed by atoms with Crippen molar-refractivity contribution in [2.45, 2.75) is 32.4 Å². The second-order valence-corrected chi connectivity index (χ2v) is 8.22. The van der Waals surface area contributed by atoms with E-state index in [4.69, 9.17) is 9.84 Å². The molecule has 2 N–H and O–H groups in total. The van der Waals surface area contributed by atoms with Crippen molar-refractivity contribution in [3.63, 3.8) is 0 Å². The molecule has 2 atom stereocenters. The molecule has 0 heterocycles. The van der Waals surface area contributed by atoms with E-state index in [1.54, 1.807) is 13.0 Å². The molecular formula is C27H28N2O4. The third-order valence-corrected chi connectivity index (χ3v) is 5.97. The SMILES string of the molecule is CC(=O)NC(C1CCc2c(cccc2OC(=O)CO)C1)N(c1ccccc1)c1ccccc1. The maximum atomic E-state index is 12.3. The molecule has 6 nitrogen and oxygen atoms in total. The van der Waals surface area contributed by atoms with Gasteiger partial charge in [-0.3, -0.25) is 4.79 Å². The lowest BCUT2D eigenvalue weighted by Gasteiger charge is -2.41. The third kappa shape index (κ3) is 5.23. The average Bonchev–Trinajstić information content (AvgIpc) is 2.84. The number of nitrogens with zero attached hydrogens (tertiary/aromatic N) is 1. The monoisotopic (exact) mass is 444 g/mol. The van der Waals surface area contributed by atoms with Gasteiger partial charge >= 0.3 is 5.97 Å². The molecule has 3 aromatic rings. The molecule has 0 bridgehead atoms. The number of aliphatic hydroxyl groups is 1. The zero-order chi connectivity index (χ0) is 23.2. The minimum absolute atomic E-state index is 0.0896. The molecule has 0 spiro atoms. The van der Waals surface area contributed by atoms with Crippen LogP contribution in [0.1, 0.15) is 24.5 Å². The molecule has 0 aromatic heterocycles. The molecule has 0 saturated heterocycles. The van der Waals surface area contributed by atoms with Gasteiger partial charge in [-0.15, -0.1) is 0 Å². The van der Waals surface area contributed by atoms with Gasteiger partial charge in [0.05, 0.1) is 0 Å². The summed E-state index contributed by atoms with van der Waals surface area (Å²) in [5.41, 5.74) is 4.08. The summed E-state index contributed by atoms with van der Waals surface area (Å²) in [7, 11) is 0. The highest BCUT2D eigenvalue weighted by Crippen LogP contribution is 2.37. The number of benzene rings is 3. The van der Waals surface area contributed by atoms with Gasteiger partial charge in [-0.1, -0.05) is 48.5 Å². The van der Waals surface area contributed by atoms with Crippen LogP contribution >= 0.6 is 0 Å². The van der Waals surface area contributed by atoms with E-state index in [2.05, 4.69) is 10.2 Å². The van der Waals surface area contributed by atoms with Crippen molar-refractivity contribution in [3.05, 3.63) is 90.0 Å². The van der Waals surface area contributed by atoms with Crippen LogP contribution in [0.15, 0.2) is 78.9 Å². The fraction of sp³-hybridized carbons (Fsp3) is 0.259. The van der Waals surface area contributed by atoms with Crippen molar-refractivity contribution in [1.82, 2.24) is 5.32 Å². The molecule has 0 radical (unpaired) electrons. The number of para-hydroxylation sites is 2. The first-order chi connectivity index (χ1) is 16.1. The number of hydrogen-bond acceptors (Lipinski definition) is 5. The summed E-state index contributed by atoms with van der Waals surface area (Å²) >= 11 is 0. The molecule has 33 heavy (non-hydrogen) atoms. The van der Waals surface area contributed by atoms with Gasteiger partial charge in [-0.05, 0) is 60.7 Å². The van der Waals surface area contributed by atoms with Crippen molar-refractivity contribution < 1.29 is 19.4 Å². The first-order valence-electron chi connectivity index (χ1n) is 11.2. The van der Waals surface area contributed by atoms with Gasteiger partial charge < -0.3 is 20.1 Å². The fourth-order valence-corrected chi connectivity index (χ4v) is 4.57. The minimum Gasteiger partial charge on any atom is -0.425 e. The van der Waals surface area contributed by atoms with E-state index >= 15 is 0 Å². The number of fused-ring (bicyclic) bond motifs is 1. The summed E-state index contributed by atoms with van der Waals surface area (Å²) in [5, 5.41) is 12.3. The molecule has 170 valence electrons. The second kappa shape index (κ2) is 10.3. The number of amides is 1. The number of anilines is 2. The first-order valence-corrected chi connectivity index (χ1v) is 11.2. The topological polar surface area (TPSA) is 78.9 Å². The number of carbonyl (C=O) groups excluding carboxylic acids is 2. The molecule has 2 unspecified atom stereocenters. The summed E-state index contributed by atoms with van der Waals surface area (Å²) in [6.45, 7) is 0.893. The van der Waals surface area contributed by atoms with Crippen LogP contribution in [-0.2, 0) is 22.4 Å². The van der Waals surface area contributed by atoms with E-state index in [0.29, 0.717) is 12.2 Å². The standard InChI is InChI=1S/C27H28N2O4/c1-19(31)28-27(29(22-10-4-2-5-11-22)23-12-6-3-7-13-23)21-15-16-24-20(17-21)9-8-14-25(24)33-26(32)18-30/h2-14,21,27,30H,15-18H2,1H3,(H,28,31). The molecular weight excluding hydrogens is 416 g/mol. The lowest BCUT2D eigenvalue weighted by atomic mass is 9.81. The Hall–Kier alpha value is -3.64. The Balaban J connectivity index is 1.70. The van der Waals surface area contributed by atoms with Crippen LogP contribution in [0.4, 0.5) is 11.4 Å². The molecule has 0 saturated carbocycles. The van der Waals surface area contributed by atoms with Gasteiger partial charge in [0.15, 0.2) is 0 Å². The number of hydrogen-bond donors (Lipinski definition) is 2. The van der Waals surface area contributed by atoms with E-state index in [1.165, 1.54) is 0 Å². The zero-order valence-electron chi connectivity index (χ0n) is 18.6. The molecule has 1 amide bonds. The predicted molar refractivity (Wildman–Crippen MR) is 127 cm³/mol. The second-order valence-electron chi connectivity index (χ2n) is 8.22. The van der Waals surface area contributed by atoms with Crippen LogP contribution in [0.5, 0.6) is 5.75 Å². The van der Waals surface area contributed by atoms with Gasteiger partial charge in [-0.2, -0.15) is 0 Å². The lowest BCUT2D eigenvalue weighted by molar-refractivity contribution is -0.137. The van der Waals surface area contributed by atoms with Crippen LogP contribution < -0.4 is 15.0 Å². The molecule has 4 rings (SSSR count). The highest BCUT2D eigenvalue weighted by atomic mass is 16.5. The first kappa shape index (κ1) is 22.6.